The van der Waals surface area contributed by atoms with E-state index in [1.807, 2.05) is 11.9 Å². The number of aromatic nitrogens is 4. The van der Waals surface area contributed by atoms with E-state index in [9.17, 15) is 9.18 Å². The maximum Gasteiger partial charge on any atom is 0.317 e. The molecule has 0 atom stereocenters. The molecular weight excluding hydrogens is 425 g/mol. The number of piperidine rings is 1. The molecule has 11 heteroatoms. The number of rotatable bonds is 6. The molecule has 2 aromatic heterocycles. The SMILES string of the molecule is CN(CC(=O)O)C1CCN(c2ncc3ncnc(Nc4ccc(F)c(Cl)c4)c3n2)CC1. The molecule has 0 unspecified atom stereocenters. The molecule has 0 spiro atoms. The normalized spacial score (nSPS) is 14.9. The Morgan fingerprint density at radius 2 is 2.10 bits per heavy atom. The highest BCUT2D eigenvalue weighted by atomic mass is 35.5. The van der Waals surface area contributed by atoms with E-state index in [2.05, 4.69) is 30.2 Å². The van der Waals surface area contributed by atoms with Crippen LogP contribution in [0.15, 0.2) is 30.7 Å². The monoisotopic (exact) mass is 445 g/mol. The predicted molar refractivity (Wildman–Crippen MR) is 115 cm³/mol. The highest BCUT2D eigenvalue weighted by Crippen LogP contribution is 2.26. The number of nitrogens with zero attached hydrogens (tertiary/aromatic N) is 6. The minimum Gasteiger partial charge on any atom is -0.480 e. The maximum atomic E-state index is 13.4. The van der Waals surface area contributed by atoms with E-state index in [1.165, 1.54) is 18.5 Å². The average molecular weight is 446 g/mol. The van der Waals surface area contributed by atoms with Crippen LogP contribution in [-0.4, -0.2) is 68.6 Å². The highest BCUT2D eigenvalue weighted by molar-refractivity contribution is 6.31. The summed E-state index contributed by atoms with van der Waals surface area (Å²) >= 11 is 5.87. The molecule has 0 radical (unpaired) electrons. The van der Waals surface area contributed by atoms with Gasteiger partial charge in [0, 0.05) is 24.8 Å². The van der Waals surface area contributed by atoms with Gasteiger partial charge in [0.1, 0.15) is 23.2 Å². The van der Waals surface area contributed by atoms with Crippen LogP contribution in [0.4, 0.5) is 21.8 Å². The van der Waals surface area contributed by atoms with Gasteiger partial charge in [0.25, 0.3) is 0 Å². The number of anilines is 3. The van der Waals surface area contributed by atoms with Crippen LogP contribution in [0.25, 0.3) is 11.0 Å². The number of benzene rings is 1. The fourth-order valence-corrected chi connectivity index (χ4v) is 3.83. The fraction of sp³-hybridized carbons (Fsp3) is 0.350. The van der Waals surface area contributed by atoms with Crippen LogP contribution in [0.2, 0.25) is 5.02 Å². The Bertz CT molecular complexity index is 1110. The molecule has 1 aliphatic rings. The Labute approximate surface area is 182 Å². The molecule has 4 rings (SSSR count). The van der Waals surface area contributed by atoms with E-state index in [1.54, 1.807) is 12.3 Å². The van der Waals surface area contributed by atoms with Crippen LogP contribution in [0.1, 0.15) is 12.8 Å². The van der Waals surface area contributed by atoms with Gasteiger partial charge in [0.15, 0.2) is 5.82 Å². The number of likely N-dealkylation sites (N-methyl/N-ethyl adjacent to an activating group) is 1. The number of fused-ring (bicyclic) bond motifs is 1. The van der Waals surface area contributed by atoms with Crippen LogP contribution in [-0.2, 0) is 4.79 Å². The van der Waals surface area contributed by atoms with Gasteiger partial charge in [0.05, 0.1) is 17.8 Å². The molecule has 1 saturated heterocycles. The molecule has 31 heavy (non-hydrogen) atoms. The van der Waals surface area contributed by atoms with Gasteiger partial charge in [-0.1, -0.05) is 11.6 Å². The summed E-state index contributed by atoms with van der Waals surface area (Å²) in [4.78, 5) is 32.5. The van der Waals surface area contributed by atoms with Crippen LogP contribution in [0.5, 0.6) is 0 Å². The molecule has 0 aliphatic carbocycles. The van der Waals surface area contributed by atoms with Crippen molar-refractivity contribution < 1.29 is 14.3 Å². The zero-order chi connectivity index (χ0) is 22.0. The second-order valence-corrected chi connectivity index (χ2v) is 7.81. The number of hydrogen-bond donors (Lipinski definition) is 2. The minimum atomic E-state index is -0.828. The second-order valence-electron chi connectivity index (χ2n) is 7.41. The zero-order valence-electron chi connectivity index (χ0n) is 16.8. The molecule has 162 valence electrons. The van der Waals surface area contributed by atoms with E-state index in [4.69, 9.17) is 16.7 Å². The van der Waals surface area contributed by atoms with Crippen molar-refractivity contribution in [1.29, 1.82) is 0 Å². The molecular formula is C20H21ClFN7O2. The van der Waals surface area contributed by atoms with Crippen molar-refractivity contribution in [2.24, 2.45) is 0 Å². The lowest BCUT2D eigenvalue weighted by molar-refractivity contribution is -0.138. The Balaban J connectivity index is 1.53. The first-order valence-corrected chi connectivity index (χ1v) is 10.2. The number of hydrogen-bond acceptors (Lipinski definition) is 8. The number of carboxylic acids is 1. The Hall–Kier alpha value is -3.11. The number of carbonyl (C=O) groups is 1. The fourth-order valence-electron chi connectivity index (χ4n) is 3.65. The van der Waals surface area contributed by atoms with Crippen molar-refractivity contribution in [3.05, 3.63) is 41.6 Å². The summed E-state index contributed by atoms with van der Waals surface area (Å²) in [6, 6.07) is 4.53. The van der Waals surface area contributed by atoms with E-state index < -0.39 is 11.8 Å². The first-order chi connectivity index (χ1) is 14.9. The first-order valence-electron chi connectivity index (χ1n) is 9.77. The lowest BCUT2D eigenvalue weighted by atomic mass is 10.0. The number of carboxylic acid groups (broad SMARTS) is 1. The van der Waals surface area contributed by atoms with Crippen molar-refractivity contribution in [1.82, 2.24) is 24.8 Å². The maximum absolute atomic E-state index is 13.4. The summed E-state index contributed by atoms with van der Waals surface area (Å²) in [7, 11) is 1.83. The topological polar surface area (TPSA) is 107 Å². The highest BCUT2D eigenvalue weighted by Gasteiger charge is 2.25. The van der Waals surface area contributed by atoms with E-state index in [-0.39, 0.29) is 17.6 Å². The molecule has 9 nitrogen and oxygen atoms in total. The summed E-state index contributed by atoms with van der Waals surface area (Å²) < 4.78 is 13.4. The number of aliphatic carboxylic acids is 1. The first kappa shape index (κ1) is 21.1. The molecule has 0 saturated carbocycles. The van der Waals surface area contributed by atoms with Crippen molar-refractivity contribution in [3.8, 4) is 0 Å². The van der Waals surface area contributed by atoms with Crippen molar-refractivity contribution in [3.63, 3.8) is 0 Å². The standard InChI is InChI=1S/C20H21ClFN7O2/c1-28(10-17(30)31)13-4-6-29(7-5-13)20-23-9-16-18(27-20)19(25-11-24-16)26-12-2-3-15(22)14(21)8-12/h2-3,8-9,11,13H,4-7,10H2,1H3,(H,30,31)(H,24,25,26). The summed E-state index contributed by atoms with van der Waals surface area (Å²) in [5.74, 6) is -0.304. The Kier molecular flexibility index (Phi) is 6.10. The van der Waals surface area contributed by atoms with Gasteiger partial charge in [-0.2, -0.15) is 0 Å². The molecule has 0 amide bonds. The third-order valence-electron chi connectivity index (χ3n) is 5.30. The van der Waals surface area contributed by atoms with Crippen LogP contribution < -0.4 is 10.2 Å². The van der Waals surface area contributed by atoms with Crippen LogP contribution in [0.3, 0.4) is 0 Å². The molecule has 3 heterocycles. The molecule has 1 aromatic carbocycles. The largest absolute Gasteiger partial charge is 0.480 e. The summed E-state index contributed by atoms with van der Waals surface area (Å²) in [6.07, 6.45) is 4.68. The number of halogens is 2. The average Bonchev–Trinajstić information content (AvgIpc) is 2.76. The smallest absolute Gasteiger partial charge is 0.317 e. The van der Waals surface area contributed by atoms with Crippen molar-refractivity contribution >= 4 is 46.1 Å². The summed E-state index contributed by atoms with van der Waals surface area (Å²) in [5, 5.41) is 12.1. The second kappa shape index (κ2) is 8.94. The van der Waals surface area contributed by atoms with Crippen LogP contribution >= 0.6 is 11.6 Å². The lowest BCUT2D eigenvalue weighted by Crippen LogP contribution is -2.45. The van der Waals surface area contributed by atoms with Gasteiger partial charge in [0.2, 0.25) is 5.95 Å². The quantitative estimate of drug-likeness (QED) is 0.592. The van der Waals surface area contributed by atoms with Crippen molar-refractivity contribution in [2.45, 2.75) is 18.9 Å². The van der Waals surface area contributed by atoms with Crippen LogP contribution in [0, 0.1) is 5.82 Å². The van der Waals surface area contributed by atoms with Gasteiger partial charge in [-0.15, -0.1) is 0 Å². The van der Waals surface area contributed by atoms with E-state index in [0.29, 0.717) is 41.6 Å². The molecule has 1 fully saturated rings. The van der Waals surface area contributed by atoms with Gasteiger partial charge >= 0.3 is 5.97 Å². The number of nitrogens with one attached hydrogen (secondary N) is 1. The Morgan fingerprint density at radius 1 is 1.32 bits per heavy atom. The molecule has 0 bridgehead atoms. The van der Waals surface area contributed by atoms with Gasteiger partial charge in [-0.3, -0.25) is 9.69 Å². The molecule has 1 aliphatic heterocycles. The van der Waals surface area contributed by atoms with E-state index >= 15 is 0 Å². The Morgan fingerprint density at radius 3 is 2.81 bits per heavy atom. The van der Waals surface area contributed by atoms with Gasteiger partial charge < -0.3 is 15.3 Å². The summed E-state index contributed by atoms with van der Waals surface area (Å²) in [5.41, 5.74) is 1.69. The van der Waals surface area contributed by atoms with Gasteiger partial charge in [-0.05, 0) is 38.1 Å². The van der Waals surface area contributed by atoms with Crippen molar-refractivity contribution in [2.75, 3.05) is 36.9 Å². The van der Waals surface area contributed by atoms with Gasteiger partial charge in [-0.25, -0.2) is 24.3 Å². The molecule has 3 aromatic rings. The van der Waals surface area contributed by atoms with E-state index in [0.717, 1.165) is 12.8 Å². The lowest BCUT2D eigenvalue weighted by Gasteiger charge is -2.36. The third kappa shape index (κ3) is 4.80. The zero-order valence-corrected chi connectivity index (χ0v) is 17.6. The molecule has 2 N–H and O–H groups in total. The predicted octanol–water partition coefficient (Wildman–Crippen LogP) is 2.94. The third-order valence-corrected chi connectivity index (χ3v) is 5.59. The summed E-state index contributed by atoms with van der Waals surface area (Å²) in [6.45, 7) is 1.45. The minimum absolute atomic E-state index is 0.00872.